The van der Waals surface area contributed by atoms with Crippen LogP contribution in [0.3, 0.4) is 0 Å². The normalized spacial score (nSPS) is 12.4. The lowest BCUT2D eigenvalue weighted by atomic mass is 10.1. The second kappa shape index (κ2) is 5.89. The van der Waals surface area contributed by atoms with Crippen molar-refractivity contribution in [1.82, 2.24) is 5.32 Å². The molecule has 0 saturated carbocycles. The summed E-state index contributed by atoms with van der Waals surface area (Å²) in [6.07, 6.45) is 0. The van der Waals surface area contributed by atoms with E-state index >= 15 is 0 Å². The summed E-state index contributed by atoms with van der Waals surface area (Å²) in [5.74, 6) is -3.76. The third kappa shape index (κ3) is 3.35. The maximum absolute atomic E-state index is 13.0. The maximum Gasteiger partial charge on any atom is 0.194 e. The van der Waals surface area contributed by atoms with Crippen LogP contribution in [0.5, 0.6) is 0 Å². The molecule has 0 saturated heterocycles. The Morgan fingerprint density at radius 2 is 1.58 bits per heavy atom. The predicted octanol–water partition coefficient (Wildman–Crippen LogP) is 3.95. The van der Waals surface area contributed by atoms with Crippen LogP contribution in [0, 0.1) is 17.5 Å². The van der Waals surface area contributed by atoms with Crippen molar-refractivity contribution in [3.05, 3.63) is 71.0 Å². The largest absolute Gasteiger partial charge is 0.306 e. The Kier molecular flexibility index (Phi) is 4.22. The van der Waals surface area contributed by atoms with Crippen LogP contribution in [0.1, 0.15) is 24.1 Å². The van der Waals surface area contributed by atoms with E-state index in [1.807, 2.05) is 37.3 Å². The molecule has 0 amide bonds. The molecule has 0 aromatic heterocycles. The first-order valence-corrected chi connectivity index (χ1v) is 5.99. The van der Waals surface area contributed by atoms with Gasteiger partial charge in [-0.25, -0.2) is 13.2 Å². The van der Waals surface area contributed by atoms with Gasteiger partial charge in [-0.1, -0.05) is 30.3 Å². The maximum atomic E-state index is 13.0. The Morgan fingerprint density at radius 1 is 1.00 bits per heavy atom. The molecule has 2 aromatic rings. The first-order valence-electron chi connectivity index (χ1n) is 5.99. The van der Waals surface area contributed by atoms with Gasteiger partial charge in [0.25, 0.3) is 0 Å². The number of hydrogen-bond acceptors (Lipinski definition) is 1. The van der Waals surface area contributed by atoms with E-state index in [0.717, 1.165) is 17.7 Å². The highest BCUT2D eigenvalue weighted by Gasteiger charge is 2.11. The standard InChI is InChI=1S/C15H14F3N/c1-10(12-5-3-2-4-6-12)19-9-11-7-13(16)15(18)14(17)8-11/h2-8,10,19H,9H2,1H3/t10-/m1/s1. The Hall–Kier alpha value is -1.81. The van der Waals surface area contributed by atoms with Crippen LogP contribution in [0.25, 0.3) is 0 Å². The lowest BCUT2D eigenvalue weighted by molar-refractivity contribution is 0.443. The van der Waals surface area contributed by atoms with E-state index in [-0.39, 0.29) is 12.6 Å². The van der Waals surface area contributed by atoms with Gasteiger partial charge in [0.05, 0.1) is 0 Å². The van der Waals surface area contributed by atoms with Crippen molar-refractivity contribution in [2.24, 2.45) is 0 Å². The van der Waals surface area contributed by atoms with Crippen molar-refractivity contribution >= 4 is 0 Å². The summed E-state index contributed by atoms with van der Waals surface area (Å²) in [7, 11) is 0. The summed E-state index contributed by atoms with van der Waals surface area (Å²) in [6.45, 7) is 2.22. The molecule has 2 aromatic carbocycles. The fourth-order valence-corrected chi connectivity index (χ4v) is 1.84. The quantitative estimate of drug-likeness (QED) is 0.825. The molecule has 1 atom stereocenters. The van der Waals surface area contributed by atoms with Crippen LogP contribution in [0.4, 0.5) is 13.2 Å². The fourth-order valence-electron chi connectivity index (χ4n) is 1.84. The highest BCUT2D eigenvalue weighted by Crippen LogP contribution is 2.16. The monoisotopic (exact) mass is 265 g/mol. The lowest BCUT2D eigenvalue weighted by Gasteiger charge is -2.14. The van der Waals surface area contributed by atoms with Crippen molar-refractivity contribution in [2.75, 3.05) is 0 Å². The zero-order valence-electron chi connectivity index (χ0n) is 10.5. The summed E-state index contributed by atoms with van der Waals surface area (Å²) < 4.78 is 38.9. The number of rotatable bonds is 4. The Balaban J connectivity index is 2.03. The van der Waals surface area contributed by atoms with Gasteiger partial charge in [0.1, 0.15) is 0 Å². The van der Waals surface area contributed by atoms with E-state index < -0.39 is 17.5 Å². The number of benzene rings is 2. The molecule has 0 aliphatic heterocycles. The molecular weight excluding hydrogens is 251 g/mol. The highest BCUT2D eigenvalue weighted by molar-refractivity contribution is 5.21. The van der Waals surface area contributed by atoms with Gasteiger partial charge in [0.2, 0.25) is 0 Å². The van der Waals surface area contributed by atoms with E-state index in [1.165, 1.54) is 0 Å². The molecule has 0 aliphatic rings. The summed E-state index contributed by atoms with van der Waals surface area (Å²) in [5, 5.41) is 3.13. The topological polar surface area (TPSA) is 12.0 Å². The smallest absolute Gasteiger partial charge is 0.194 e. The van der Waals surface area contributed by atoms with E-state index in [9.17, 15) is 13.2 Å². The van der Waals surface area contributed by atoms with Gasteiger partial charge in [-0.2, -0.15) is 0 Å². The minimum absolute atomic E-state index is 0.0392. The molecule has 0 heterocycles. The molecule has 1 nitrogen and oxygen atoms in total. The van der Waals surface area contributed by atoms with E-state index in [2.05, 4.69) is 5.32 Å². The van der Waals surface area contributed by atoms with Crippen LogP contribution in [0.2, 0.25) is 0 Å². The zero-order valence-corrected chi connectivity index (χ0v) is 10.5. The van der Waals surface area contributed by atoms with Crippen molar-refractivity contribution in [3.63, 3.8) is 0 Å². The first-order chi connectivity index (χ1) is 9.08. The molecule has 4 heteroatoms. The first kappa shape index (κ1) is 13.6. The highest BCUT2D eigenvalue weighted by atomic mass is 19.2. The Bertz CT molecular complexity index is 532. The molecule has 100 valence electrons. The number of nitrogens with one attached hydrogen (secondary N) is 1. The van der Waals surface area contributed by atoms with E-state index in [4.69, 9.17) is 0 Å². The van der Waals surface area contributed by atoms with Crippen LogP contribution >= 0.6 is 0 Å². The molecule has 0 bridgehead atoms. The molecule has 0 unspecified atom stereocenters. The second-order valence-corrected chi connectivity index (χ2v) is 4.39. The fraction of sp³-hybridized carbons (Fsp3) is 0.200. The molecule has 19 heavy (non-hydrogen) atoms. The summed E-state index contributed by atoms with van der Waals surface area (Å²) >= 11 is 0. The SMILES string of the molecule is C[C@@H](NCc1cc(F)c(F)c(F)c1)c1ccccc1. The van der Waals surface area contributed by atoms with Gasteiger partial charge in [-0.05, 0) is 30.2 Å². The Morgan fingerprint density at radius 3 is 2.16 bits per heavy atom. The van der Waals surface area contributed by atoms with Gasteiger partial charge >= 0.3 is 0 Å². The van der Waals surface area contributed by atoms with Gasteiger partial charge in [-0.15, -0.1) is 0 Å². The van der Waals surface area contributed by atoms with Gasteiger partial charge in [-0.3, -0.25) is 0 Å². The molecule has 1 N–H and O–H groups in total. The lowest BCUT2D eigenvalue weighted by Crippen LogP contribution is -2.18. The van der Waals surface area contributed by atoms with Crippen LogP contribution in [0.15, 0.2) is 42.5 Å². The average Bonchev–Trinajstić information content (AvgIpc) is 2.43. The summed E-state index contributed by atoms with van der Waals surface area (Å²) in [5.41, 5.74) is 1.45. The van der Waals surface area contributed by atoms with Gasteiger partial charge in [0, 0.05) is 12.6 Å². The summed E-state index contributed by atoms with van der Waals surface area (Å²) in [6, 6.07) is 11.7. The van der Waals surface area contributed by atoms with Crippen molar-refractivity contribution < 1.29 is 13.2 Å². The summed E-state index contributed by atoms with van der Waals surface area (Å²) in [4.78, 5) is 0. The molecule has 0 radical (unpaired) electrons. The zero-order chi connectivity index (χ0) is 13.8. The van der Waals surface area contributed by atoms with Crippen molar-refractivity contribution in [2.45, 2.75) is 19.5 Å². The van der Waals surface area contributed by atoms with Gasteiger partial charge < -0.3 is 5.32 Å². The third-order valence-electron chi connectivity index (χ3n) is 2.96. The second-order valence-electron chi connectivity index (χ2n) is 4.39. The molecule has 0 spiro atoms. The van der Waals surface area contributed by atoms with Crippen molar-refractivity contribution in [3.8, 4) is 0 Å². The predicted molar refractivity (Wildman–Crippen MR) is 68.0 cm³/mol. The van der Waals surface area contributed by atoms with E-state index in [1.54, 1.807) is 0 Å². The third-order valence-corrected chi connectivity index (χ3v) is 2.96. The molecule has 2 rings (SSSR count). The van der Waals surface area contributed by atoms with Crippen LogP contribution in [-0.2, 0) is 6.54 Å². The minimum atomic E-state index is -1.43. The number of hydrogen-bond donors (Lipinski definition) is 1. The van der Waals surface area contributed by atoms with E-state index in [0.29, 0.717) is 5.56 Å². The molecule has 0 aliphatic carbocycles. The van der Waals surface area contributed by atoms with Crippen LogP contribution in [-0.4, -0.2) is 0 Å². The Labute approximate surface area is 110 Å². The van der Waals surface area contributed by atoms with Crippen LogP contribution < -0.4 is 5.32 Å². The number of halogens is 3. The minimum Gasteiger partial charge on any atom is -0.306 e. The average molecular weight is 265 g/mol. The molecular formula is C15H14F3N. The van der Waals surface area contributed by atoms with Gasteiger partial charge in [0.15, 0.2) is 17.5 Å². The van der Waals surface area contributed by atoms with Crippen molar-refractivity contribution in [1.29, 1.82) is 0 Å². The molecule has 0 fully saturated rings.